The summed E-state index contributed by atoms with van der Waals surface area (Å²) >= 11 is 1.78. The predicted molar refractivity (Wildman–Crippen MR) is 67.3 cm³/mol. The van der Waals surface area contributed by atoms with Crippen LogP contribution in [0.3, 0.4) is 0 Å². The zero-order chi connectivity index (χ0) is 12.0. The summed E-state index contributed by atoms with van der Waals surface area (Å²) in [7, 11) is 0. The Morgan fingerprint density at radius 3 is 3.06 bits per heavy atom. The smallest absolute Gasteiger partial charge is 0.356 e. The molecule has 1 atom stereocenters. The van der Waals surface area contributed by atoms with E-state index in [0.29, 0.717) is 5.69 Å². The monoisotopic (exact) mass is 240 g/mol. The number of aromatic nitrogens is 1. The van der Waals surface area contributed by atoms with Crippen LogP contribution in [0.1, 0.15) is 23.8 Å². The molecule has 1 heterocycles. The lowest BCUT2D eigenvalue weighted by Crippen LogP contribution is -2.18. The van der Waals surface area contributed by atoms with Gasteiger partial charge in [-0.05, 0) is 37.5 Å². The van der Waals surface area contributed by atoms with Crippen LogP contribution in [0.4, 0.5) is 5.69 Å². The maximum absolute atomic E-state index is 10.9. The molecule has 88 valence electrons. The molecule has 0 saturated heterocycles. The Morgan fingerprint density at radius 1 is 1.69 bits per heavy atom. The quantitative estimate of drug-likeness (QED) is 0.799. The van der Waals surface area contributed by atoms with Crippen molar-refractivity contribution in [2.45, 2.75) is 19.4 Å². The van der Waals surface area contributed by atoms with Crippen LogP contribution in [0.2, 0.25) is 0 Å². The number of rotatable bonds is 6. The van der Waals surface area contributed by atoms with Gasteiger partial charge in [0, 0.05) is 12.2 Å². The van der Waals surface area contributed by atoms with Crippen LogP contribution in [0, 0.1) is 0 Å². The molecule has 0 saturated carbocycles. The van der Waals surface area contributed by atoms with Gasteiger partial charge in [0.05, 0.1) is 5.69 Å². The molecule has 0 aliphatic carbocycles. The van der Waals surface area contributed by atoms with E-state index in [0.717, 1.165) is 12.2 Å². The number of anilines is 1. The molecule has 0 fully saturated rings. The van der Waals surface area contributed by atoms with E-state index in [9.17, 15) is 4.79 Å². The first-order chi connectivity index (χ1) is 7.65. The minimum Gasteiger partial charge on any atom is -0.476 e. The number of nitrogens with one attached hydrogen (secondary N) is 1. The van der Waals surface area contributed by atoms with Crippen molar-refractivity contribution < 1.29 is 9.90 Å². The Morgan fingerprint density at radius 2 is 2.44 bits per heavy atom. The number of carboxylic acid groups (broad SMARTS) is 1. The number of nitrogens with zero attached hydrogens (tertiary/aromatic N) is 1. The fraction of sp³-hybridized carbons (Fsp3) is 0.455. The van der Waals surface area contributed by atoms with Gasteiger partial charge in [-0.15, -0.1) is 0 Å². The summed E-state index contributed by atoms with van der Waals surface area (Å²) in [5.41, 5.74) is 0.669. The van der Waals surface area contributed by atoms with Crippen molar-refractivity contribution in [2.24, 2.45) is 0 Å². The number of carbonyl (C=O) groups is 1. The second kappa shape index (κ2) is 6.37. The summed E-state index contributed by atoms with van der Waals surface area (Å²) in [4.78, 5) is 14.8. The number of pyridine rings is 1. The largest absolute Gasteiger partial charge is 0.476 e. The van der Waals surface area contributed by atoms with Crippen molar-refractivity contribution in [1.82, 2.24) is 4.98 Å². The van der Waals surface area contributed by atoms with Crippen LogP contribution in [0.15, 0.2) is 18.3 Å². The first-order valence-electron chi connectivity index (χ1n) is 5.09. The molecule has 0 bridgehead atoms. The lowest BCUT2D eigenvalue weighted by atomic mass is 10.2. The fourth-order valence-electron chi connectivity index (χ4n) is 1.32. The third-order valence-corrected chi connectivity index (χ3v) is 2.81. The maximum atomic E-state index is 10.9. The van der Waals surface area contributed by atoms with E-state index in [1.807, 2.05) is 6.92 Å². The molecule has 0 radical (unpaired) electrons. The van der Waals surface area contributed by atoms with Crippen LogP contribution in [-0.4, -0.2) is 34.1 Å². The molecule has 1 aromatic heterocycles. The Labute approximate surface area is 99.5 Å². The van der Waals surface area contributed by atoms with Crippen LogP contribution in [0.5, 0.6) is 0 Å². The van der Waals surface area contributed by atoms with E-state index in [4.69, 9.17) is 5.11 Å². The number of thioether (sulfide) groups is 1. The summed E-state index contributed by atoms with van der Waals surface area (Å²) in [6.07, 6.45) is 4.54. The highest BCUT2D eigenvalue weighted by atomic mass is 32.2. The molecule has 0 aliphatic rings. The van der Waals surface area contributed by atoms with Crippen molar-refractivity contribution in [2.75, 3.05) is 17.3 Å². The zero-order valence-electron chi connectivity index (χ0n) is 9.43. The van der Waals surface area contributed by atoms with Gasteiger partial charge < -0.3 is 10.4 Å². The number of hydrogen-bond acceptors (Lipinski definition) is 4. The third kappa shape index (κ3) is 3.73. The van der Waals surface area contributed by atoms with Crippen molar-refractivity contribution in [3.63, 3.8) is 0 Å². The average molecular weight is 240 g/mol. The van der Waals surface area contributed by atoms with Gasteiger partial charge in [0.25, 0.3) is 0 Å². The fourth-order valence-corrected chi connectivity index (χ4v) is 1.91. The minimum atomic E-state index is -1.000. The molecule has 0 spiro atoms. The van der Waals surface area contributed by atoms with Crippen molar-refractivity contribution >= 4 is 23.4 Å². The van der Waals surface area contributed by atoms with E-state index in [-0.39, 0.29) is 11.7 Å². The molecule has 16 heavy (non-hydrogen) atoms. The second-order valence-electron chi connectivity index (χ2n) is 3.53. The van der Waals surface area contributed by atoms with Crippen LogP contribution >= 0.6 is 11.8 Å². The molecule has 2 N–H and O–H groups in total. The molecule has 0 aromatic carbocycles. The normalized spacial score (nSPS) is 12.1. The molecule has 5 heteroatoms. The highest BCUT2D eigenvalue weighted by Crippen LogP contribution is 2.14. The van der Waals surface area contributed by atoms with Gasteiger partial charge in [0.15, 0.2) is 5.69 Å². The topological polar surface area (TPSA) is 62.2 Å². The van der Waals surface area contributed by atoms with Gasteiger partial charge in [-0.2, -0.15) is 11.8 Å². The molecule has 0 amide bonds. The average Bonchev–Trinajstić information content (AvgIpc) is 2.27. The lowest BCUT2D eigenvalue weighted by molar-refractivity contribution is 0.0691. The molecule has 4 nitrogen and oxygen atoms in total. The van der Waals surface area contributed by atoms with E-state index in [1.165, 1.54) is 6.20 Å². The molecular formula is C11H16N2O2S. The van der Waals surface area contributed by atoms with Crippen LogP contribution < -0.4 is 5.32 Å². The Bertz CT molecular complexity index is 358. The van der Waals surface area contributed by atoms with E-state index in [2.05, 4.69) is 16.6 Å². The van der Waals surface area contributed by atoms with E-state index >= 15 is 0 Å². The van der Waals surface area contributed by atoms with Gasteiger partial charge >= 0.3 is 5.97 Å². The van der Waals surface area contributed by atoms with Crippen LogP contribution in [0.25, 0.3) is 0 Å². The van der Waals surface area contributed by atoms with Gasteiger partial charge in [0.1, 0.15) is 0 Å². The SMILES string of the molecule is CSCCC(C)Nc1cccnc1C(=O)O. The first kappa shape index (κ1) is 12.8. The van der Waals surface area contributed by atoms with Gasteiger partial charge in [-0.25, -0.2) is 9.78 Å². The van der Waals surface area contributed by atoms with Crippen LogP contribution in [-0.2, 0) is 0 Å². The standard InChI is InChI=1S/C11H16N2O2S/c1-8(5-7-16-2)13-9-4-3-6-12-10(9)11(14)15/h3-4,6,8,13H,5,7H2,1-2H3,(H,14,15). The molecule has 1 aromatic rings. The molecule has 1 unspecified atom stereocenters. The van der Waals surface area contributed by atoms with Crippen molar-refractivity contribution in [1.29, 1.82) is 0 Å². The molecule has 1 rings (SSSR count). The summed E-state index contributed by atoms with van der Waals surface area (Å²) < 4.78 is 0. The van der Waals surface area contributed by atoms with Gasteiger partial charge in [0.2, 0.25) is 0 Å². The van der Waals surface area contributed by atoms with Gasteiger partial charge in [-0.1, -0.05) is 0 Å². The van der Waals surface area contributed by atoms with Crippen molar-refractivity contribution in [3.8, 4) is 0 Å². The number of aromatic carboxylic acids is 1. The highest BCUT2D eigenvalue weighted by molar-refractivity contribution is 7.98. The summed E-state index contributed by atoms with van der Waals surface area (Å²) in [6, 6.07) is 3.72. The third-order valence-electron chi connectivity index (χ3n) is 2.17. The minimum absolute atomic E-state index is 0.0819. The van der Waals surface area contributed by atoms with E-state index in [1.54, 1.807) is 23.9 Å². The first-order valence-corrected chi connectivity index (χ1v) is 6.48. The highest BCUT2D eigenvalue weighted by Gasteiger charge is 2.12. The molecular weight excluding hydrogens is 224 g/mol. The Hall–Kier alpha value is -1.23. The zero-order valence-corrected chi connectivity index (χ0v) is 10.3. The summed E-state index contributed by atoms with van der Waals surface area (Å²) in [6.45, 7) is 2.04. The predicted octanol–water partition coefficient (Wildman–Crippen LogP) is 2.33. The summed E-state index contributed by atoms with van der Waals surface area (Å²) in [5.74, 6) is 0.0526. The number of carboxylic acids is 1. The van der Waals surface area contributed by atoms with Gasteiger partial charge in [-0.3, -0.25) is 0 Å². The summed E-state index contributed by atoms with van der Waals surface area (Å²) in [5, 5.41) is 12.1. The molecule has 0 aliphatic heterocycles. The Balaban J connectivity index is 2.69. The number of hydrogen-bond donors (Lipinski definition) is 2. The van der Waals surface area contributed by atoms with E-state index < -0.39 is 5.97 Å². The maximum Gasteiger partial charge on any atom is 0.356 e. The second-order valence-corrected chi connectivity index (χ2v) is 4.52. The van der Waals surface area contributed by atoms with Crippen molar-refractivity contribution in [3.05, 3.63) is 24.0 Å². The Kier molecular flexibility index (Phi) is 5.11. The lowest BCUT2D eigenvalue weighted by Gasteiger charge is -2.15.